The van der Waals surface area contributed by atoms with Crippen LogP contribution in [0.2, 0.25) is 0 Å². The summed E-state index contributed by atoms with van der Waals surface area (Å²) >= 11 is 0. The van der Waals surface area contributed by atoms with Crippen LogP contribution in [0.25, 0.3) is 11.0 Å². The van der Waals surface area contributed by atoms with E-state index in [1.165, 1.54) is 11.1 Å². The van der Waals surface area contributed by atoms with Crippen molar-refractivity contribution in [3.8, 4) is 11.5 Å². The Morgan fingerprint density at radius 1 is 1.07 bits per heavy atom. The molecule has 0 N–H and O–H groups in total. The fraction of sp³-hybridized carbons (Fsp3) is 0.348. The number of aryl methyl sites for hydroxylation is 1. The molecule has 0 saturated carbocycles. The van der Waals surface area contributed by atoms with Crippen LogP contribution in [-0.2, 0) is 19.4 Å². The molecule has 0 fully saturated rings. The van der Waals surface area contributed by atoms with E-state index in [2.05, 4.69) is 29.2 Å². The average Bonchev–Trinajstić information content (AvgIpc) is 2.71. The molecule has 5 heteroatoms. The maximum atomic E-state index is 12.7. The van der Waals surface area contributed by atoms with Gasteiger partial charge in [0.25, 0.3) is 0 Å². The predicted octanol–water partition coefficient (Wildman–Crippen LogP) is 3.77. The van der Waals surface area contributed by atoms with Crippen molar-refractivity contribution in [2.75, 3.05) is 20.8 Å². The molecule has 1 aromatic heterocycles. The van der Waals surface area contributed by atoms with E-state index in [1.54, 1.807) is 14.2 Å². The van der Waals surface area contributed by atoms with Gasteiger partial charge in [-0.15, -0.1) is 0 Å². The number of rotatable bonds is 2. The normalized spacial score (nSPS) is 18.3. The van der Waals surface area contributed by atoms with E-state index in [1.807, 2.05) is 13.0 Å². The van der Waals surface area contributed by atoms with Crippen molar-refractivity contribution in [1.29, 1.82) is 0 Å². The smallest absolute Gasteiger partial charge is 0.341 e. The van der Waals surface area contributed by atoms with Crippen LogP contribution in [0.1, 0.15) is 33.9 Å². The second-order valence-corrected chi connectivity index (χ2v) is 7.69. The summed E-state index contributed by atoms with van der Waals surface area (Å²) in [5.74, 6) is 1.52. The summed E-state index contributed by atoms with van der Waals surface area (Å²) < 4.78 is 16.7. The monoisotopic (exact) mass is 377 g/mol. The SMILES string of the molecule is COc1cc2c(cc1OC)C1Cc3c(c(=O)oc4cc(C)ccc34)CN1CC2. The Kier molecular flexibility index (Phi) is 3.95. The average molecular weight is 377 g/mol. The summed E-state index contributed by atoms with van der Waals surface area (Å²) in [6, 6.07) is 10.5. The van der Waals surface area contributed by atoms with E-state index in [0.717, 1.165) is 53.0 Å². The van der Waals surface area contributed by atoms with Crippen molar-refractivity contribution in [3.05, 3.63) is 68.6 Å². The molecule has 144 valence electrons. The standard InChI is InChI=1S/C23H23NO4/c1-13-4-5-15-17-10-19-16-11-22(27-3)21(26-2)9-14(16)6-7-24(19)12-18(17)23(25)28-20(15)8-13/h4-5,8-9,11,19H,6-7,10,12H2,1-3H3. The lowest BCUT2D eigenvalue weighted by Gasteiger charge is -2.41. The minimum atomic E-state index is -0.204. The number of ether oxygens (including phenoxy) is 2. The summed E-state index contributed by atoms with van der Waals surface area (Å²) in [6.45, 7) is 3.55. The van der Waals surface area contributed by atoms with Crippen LogP contribution in [0.4, 0.5) is 0 Å². The molecule has 3 heterocycles. The molecule has 2 aromatic carbocycles. The number of methoxy groups -OCH3 is 2. The Bertz CT molecular complexity index is 1150. The largest absolute Gasteiger partial charge is 0.493 e. The van der Waals surface area contributed by atoms with Gasteiger partial charge in [-0.2, -0.15) is 0 Å². The molecule has 2 aliphatic rings. The lowest BCUT2D eigenvalue weighted by Crippen LogP contribution is -2.41. The van der Waals surface area contributed by atoms with Gasteiger partial charge in [0, 0.05) is 24.5 Å². The molecule has 5 rings (SSSR count). The van der Waals surface area contributed by atoms with E-state index in [-0.39, 0.29) is 11.7 Å². The van der Waals surface area contributed by atoms with E-state index < -0.39 is 0 Å². The molecule has 0 spiro atoms. The Morgan fingerprint density at radius 2 is 1.86 bits per heavy atom. The quantitative estimate of drug-likeness (QED) is 0.636. The molecule has 1 atom stereocenters. The molecule has 5 nitrogen and oxygen atoms in total. The molecule has 3 aromatic rings. The first-order valence-electron chi connectivity index (χ1n) is 9.63. The third-order valence-electron chi connectivity index (χ3n) is 6.15. The highest BCUT2D eigenvalue weighted by Crippen LogP contribution is 2.43. The van der Waals surface area contributed by atoms with Gasteiger partial charge in [-0.25, -0.2) is 4.79 Å². The maximum absolute atomic E-state index is 12.7. The molecule has 0 amide bonds. The van der Waals surface area contributed by atoms with Gasteiger partial charge in [-0.3, -0.25) is 4.90 Å². The molecular formula is C23H23NO4. The van der Waals surface area contributed by atoms with Crippen molar-refractivity contribution < 1.29 is 13.9 Å². The van der Waals surface area contributed by atoms with Gasteiger partial charge in [-0.1, -0.05) is 12.1 Å². The van der Waals surface area contributed by atoms with Gasteiger partial charge in [0.1, 0.15) is 5.58 Å². The van der Waals surface area contributed by atoms with Crippen LogP contribution in [0.3, 0.4) is 0 Å². The topological polar surface area (TPSA) is 51.9 Å². The Balaban J connectivity index is 1.67. The number of hydrogen-bond donors (Lipinski definition) is 0. The maximum Gasteiger partial charge on any atom is 0.341 e. The fourth-order valence-corrected chi connectivity index (χ4v) is 4.71. The Labute approximate surface area is 163 Å². The molecule has 0 saturated heterocycles. The number of hydrogen-bond acceptors (Lipinski definition) is 5. The van der Waals surface area contributed by atoms with Gasteiger partial charge in [0.05, 0.1) is 19.8 Å². The second kappa shape index (κ2) is 6.38. The zero-order valence-corrected chi connectivity index (χ0v) is 16.4. The van der Waals surface area contributed by atoms with Crippen LogP contribution < -0.4 is 15.1 Å². The van der Waals surface area contributed by atoms with Crippen LogP contribution >= 0.6 is 0 Å². The first-order valence-corrected chi connectivity index (χ1v) is 9.63. The minimum absolute atomic E-state index is 0.204. The van der Waals surface area contributed by atoms with Crippen LogP contribution in [-0.4, -0.2) is 25.7 Å². The zero-order valence-electron chi connectivity index (χ0n) is 16.4. The van der Waals surface area contributed by atoms with Crippen molar-refractivity contribution in [2.45, 2.75) is 32.4 Å². The molecule has 28 heavy (non-hydrogen) atoms. The Morgan fingerprint density at radius 3 is 2.64 bits per heavy atom. The van der Waals surface area contributed by atoms with Gasteiger partial charge >= 0.3 is 5.63 Å². The van der Waals surface area contributed by atoms with Crippen LogP contribution in [0.5, 0.6) is 11.5 Å². The molecule has 0 radical (unpaired) electrons. The predicted molar refractivity (Wildman–Crippen MR) is 107 cm³/mol. The fourth-order valence-electron chi connectivity index (χ4n) is 4.71. The van der Waals surface area contributed by atoms with Gasteiger partial charge in [-0.05, 0) is 60.2 Å². The lowest BCUT2D eigenvalue weighted by atomic mass is 9.83. The first kappa shape index (κ1) is 17.3. The first-order chi connectivity index (χ1) is 13.6. The highest BCUT2D eigenvalue weighted by molar-refractivity contribution is 5.82. The second-order valence-electron chi connectivity index (χ2n) is 7.69. The summed E-state index contributed by atoms with van der Waals surface area (Å²) in [4.78, 5) is 15.0. The highest BCUT2D eigenvalue weighted by atomic mass is 16.5. The Hall–Kier alpha value is -2.79. The number of fused-ring (bicyclic) bond motifs is 6. The molecule has 2 aliphatic heterocycles. The third kappa shape index (κ3) is 2.53. The van der Waals surface area contributed by atoms with E-state index in [4.69, 9.17) is 13.9 Å². The summed E-state index contributed by atoms with van der Waals surface area (Å²) in [5, 5.41) is 1.05. The van der Waals surface area contributed by atoms with E-state index >= 15 is 0 Å². The van der Waals surface area contributed by atoms with E-state index in [9.17, 15) is 4.79 Å². The van der Waals surface area contributed by atoms with Crippen LogP contribution in [0.15, 0.2) is 39.5 Å². The van der Waals surface area contributed by atoms with Crippen molar-refractivity contribution in [3.63, 3.8) is 0 Å². The summed E-state index contributed by atoms with van der Waals surface area (Å²) in [7, 11) is 3.34. The minimum Gasteiger partial charge on any atom is -0.493 e. The van der Waals surface area contributed by atoms with Crippen molar-refractivity contribution in [2.24, 2.45) is 0 Å². The molecule has 0 bridgehead atoms. The molecule has 1 unspecified atom stereocenters. The van der Waals surface area contributed by atoms with Crippen LogP contribution in [0, 0.1) is 6.92 Å². The van der Waals surface area contributed by atoms with E-state index in [0.29, 0.717) is 12.1 Å². The summed E-state index contributed by atoms with van der Waals surface area (Å²) in [5.41, 5.74) is 6.05. The highest BCUT2D eigenvalue weighted by Gasteiger charge is 2.35. The van der Waals surface area contributed by atoms with Crippen molar-refractivity contribution in [1.82, 2.24) is 4.90 Å². The van der Waals surface area contributed by atoms with Gasteiger partial charge in [0.15, 0.2) is 11.5 Å². The number of nitrogens with zero attached hydrogens (tertiary/aromatic N) is 1. The third-order valence-corrected chi connectivity index (χ3v) is 6.15. The molecule has 0 aliphatic carbocycles. The van der Waals surface area contributed by atoms with Gasteiger partial charge < -0.3 is 13.9 Å². The molecular weight excluding hydrogens is 354 g/mol. The summed E-state index contributed by atoms with van der Waals surface area (Å²) in [6.07, 6.45) is 1.72. The van der Waals surface area contributed by atoms with Gasteiger partial charge in [0.2, 0.25) is 0 Å². The lowest BCUT2D eigenvalue weighted by molar-refractivity contribution is 0.158. The number of benzene rings is 2. The zero-order chi connectivity index (χ0) is 19.4. The van der Waals surface area contributed by atoms with Crippen molar-refractivity contribution >= 4 is 11.0 Å².